The first-order chi connectivity index (χ1) is 41.8. The van der Waals surface area contributed by atoms with Gasteiger partial charge in [0.2, 0.25) is 5.91 Å². The number of nitrogens with one attached hydrogen (secondary N) is 1. The standard InChI is InChI=1S/C76H131NO8/c1-3-5-7-9-11-13-15-17-19-21-23-25-27-29-31-33-34-35-36-38-39-41-43-45-47-49-51-53-55-57-59-61-63-65-70(79)69(68-84-76-75(83)74(82)73(81)71(67-78)85-76)77-72(80)66-64-62-60-58-56-54-52-50-48-46-44-42-40-37-32-30-28-26-24-22-20-18-16-14-12-10-8-6-4-2/h6,8,12,14,18,20,24,26,30,32,40,42,46,48,52,54,58,60,63,65,69-71,73-76,78-79,81-83H,3-5,7,9-11,13,15-17,19,21-23,25,27-29,31,33-39,41,43-45,47,49-51,53,55-57,59,61-62,64,66-68H2,1-2H3,(H,77,80)/b8-6-,14-12-,20-18-,26-24-,32-30-,42-40-,48-46-,54-52-,60-58-,65-63+. The van der Waals surface area contributed by atoms with Crippen molar-refractivity contribution in [2.45, 2.75) is 339 Å². The topological polar surface area (TPSA) is 149 Å². The van der Waals surface area contributed by atoms with E-state index < -0.39 is 49.5 Å². The molecule has 0 aliphatic carbocycles. The summed E-state index contributed by atoms with van der Waals surface area (Å²) in [6.45, 7) is 3.66. The van der Waals surface area contributed by atoms with Crippen molar-refractivity contribution in [1.82, 2.24) is 5.32 Å². The van der Waals surface area contributed by atoms with Crippen LogP contribution in [0.2, 0.25) is 0 Å². The van der Waals surface area contributed by atoms with Crippen LogP contribution < -0.4 is 5.32 Å². The lowest BCUT2D eigenvalue weighted by Gasteiger charge is -2.40. The van der Waals surface area contributed by atoms with E-state index in [0.717, 1.165) is 83.5 Å². The Morgan fingerprint density at radius 1 is 0.412 bits per heavy atom. The van der Waals surface area contributed by atoms with Crippen LogP contribution in [0.15, 0.2) is 122 Å². The van der Waals surface area contributed by atoms with Crippen molar-refractivity contribution in [2.75, 3.05) is 13.2 Å². The Bertz CT molecular complexity index is 1760. The normalized spacial score (nSPS) is 18.9. The van der Waals surface area contributed by atoms with Crippen molar-refractivity contribution in [3.05, 3.63) is 122 Å². The molecule has 6 N–H and O–H groups in total. The molecule has 0 aromatic rings. The molecule has 0 spiro atoms. The molecule has 488 valence electrons. The summed E-state index contributed by atoms with van der Waals surface area (Å²) < 4.78 is 11.3. The van der Waals surface area contributed by atoms with Gasteiger partial charge < -0.3 is 40.3 Å². The fourth-order valence-electron chi connectivity index (χ4n) is 10.6. The first-order valence-electron chi connectivity index (χ1n) is 35.3. The van der Waals surface area contributed by atoms with E-state index in [2.05, 4.69) is 129 Å². The smallest absolute Gasteiger partial charge is 0.220 e. The summed E-state index contributed by atoms with van der Waals surface area (Å²) in [7, 11) is 0. The number of aliphatic hydroxyl groups is 5. The van der Waals surface area contributed by atoms with E-state index in [9.17, 15) is 30.3 Å². The van der Waals surface area contributed by atoms with Gasteiger partial charge in [-0.1, -0.05) is 328 Å². The predicted molar refractivity (Wildman–Crippen MR) is 364 cm³/mol. The molecule has 9 nitrogen and oxygen atoms in total. The number of aliphatic hydroxyl groups excluding tert-OH is 5. The Kier molecular flexibility index (Phi) is 59.6. The molecule has 0 radical (unpaired) electrons. The molecule has 1 aliphatic rings. The van der Waals surface area contributed by atoms with E-state index in [1.165, 1.54) is 186 Å². The zero-order valence-electron chi connectivity index (χ0n) is 54.6. The van der Waals surface area contributed by atoms with E-state index >= 15 is 0 Å². The van der Waals surface area contributed by atoms with Crippen molar-refractivity contribution in [3.8, 4) is 0 Å². The van der Waals surface area contributed by atoms with Gasteiger partial charge in [0.25, 0.3) is 0 Å². The second-order valence-electron chi connectivity index (χ2n) is 23.9. The van der Waals surface area contributed by atoms with E-state index in [-0.39, 0.29) is 18.9 Å². The van der Waals surface area contributed by atoms with Crippen LogP contribution in [0.25, 0.3) is 0 Å². The highest BCUT2D eigenvalue weighted by atomic mass is 16.7. The van der Waals surface area contributed by atoms with Gasteiger partial charge in [0.05, 0.1) is 25.4 Å². The highest BCUT2D eigenvalue weighted by Gasteiger charge is 2.44. The van der Waals surface area contributed by atoms with Crippen LogP contribution >= 0.6 is 0 Å². The number of allylic oxidation sites excluding steroid dienone is 19. The molecule has 9 heteroatoms. The Hall–Kier alpha value is -3.41. The third-order valence-electron chi connectivity index (χ3n) is 16.0. The number of hydrogen-bond acceptors (Lipinski definition) is 8. The summed E-state index contributed by atoms with van der Waals surface area (Å²) in [5.41, 5.74) is 0. The first-order valence-corrected chi connectivity index (χ1v) is 35.3. The summed E-state index contributed by atoms with van der Waals surface area (Å²) in [6.07, 6.45) is 88.8. The number of carbonyl (C=O) groups excluding carboxylic acids is 1. The average molecular weight is 1190 g/mol. The van der Waals surface area contributed by atoms with Gasteiger partial charge in [0, 0.05) is 6.42 Å². The van der Waals surface area contributed by atoms with Gasteiger partial charge in [-0.25, -0.2) is 0 Å². The second-order valence-corrected chi connectivity index (χ2v) is 23.9. The molecule has 0 aromatic carbocycles. The van der Waals surface area contributed by atoms with Gasteiger partial charge in [-0.3, -0.25) is 4.79 Å². The minimum absolute atomic E-state index is 0.219. The molecule has 7 atom stereocenters. The van der Waals surface area contributed by atoms with Crippen LogP contribution in [0.3, 0.4) is 0 Å². The van der Waals surface area contributed by atoms with Gasteiger partial charge in [-0.15, -0.1) is 0 Å². The van der Waals surface area contributed by atoms with Gasteiger partial charge in [0.15, 0.2) is 6.29 Å². The number of rotatable bonds is 60. The van der Waals surface area contributed by atoms with Crippen molar-refractivity contribution in [1.29, 1.82) is 0 Å². The number of unbranched alkanes of at least 4 members (excludes halogenated alkanes) is 32. The fourth-order valence-corrected chi connectivity index (χ4v) is 10.6. The number of hydrogen-bond donors (Lipinski definition) is 6. The second kappa shape index (κ2) is 63.6. The summed E-state index contributed by atoms with van der Waals surface area (Å²) in [4.78, 5) is 13.1. The molecule has 0 aromatic heterocycles. The van der Waals surface area contributed by atoms with Gasteiger partial charge in [-0.2, -0.15) is 0 Å². The third kappa shape index (κ3) is 52.3. The monoisotopic (exact) mass is 1190 g/mol. The van der Waals surface area contributed by atoms with Gasteiger partial charge in [0.1, 0.15) is 24.4 Å². The molecule has 1 aliphatic heterocycles. The zero-order chi connectivity index (χ0) is 61.4. The highest BCUT2D eigenvalue weighted by Crippen LogP contribution is 2.23. The van der Waals surface area contributed by atoms with E-state index in [1.54, 1.807) is 6.08 Å². The van der Waals surface area contributed by atoms with Crippen molar-refractivity contribution in [3.63, 3.8) is 0 Å². The van der Waals surface area contributed by atoms with Crippen LogP contribution in [0, 0.1) is 0 Å². The average Bonchev–Trinajstić information content (AvgIpc) is 3.56. The van der Waals surface area contributed by atoms with Crippen LogP contribution in [-0.4, -0.2) is 87.5 Å². The molecular weight excluding hydrogens is 1050 g/mol. The van der Waals surface area contributed by atoms with Crippen LogP contribution in [-0.2, 0) is 14.3 Å². The van der Waals surface area contributed by atoms with Crippen LogP contribution in [0.1, 0.15) is 296 Å². The van der Waals surface area contributed by atoms with Crippen molar-refractivity contribution >= 4 is 5.91 Å². The Labute approximate surface area is 522 Å². The quantitative estimate of drug-likeness (QED) is 0.0261. The minimum atomic E-state index is -1.59. The van der Waals surface area contributed by atoms with Crippen LogP contribution in [0.5, 0.6) is 0 Å². The number of carbonyl (C=O) groups is 1. The fraction of sp³-hybridized carbons (Fsp3) is 0.724. The highest BCUT2D eigenvalue weighted by molar-refractivity contribution is 5.76. The summed E-state index contributed by atoms with van der Waals surface area (Å²) in [5, 5.41) is 54.7. The minimum Gasteiger partial charge on any atom is -0.394 e. The zero-order valence-corrected chi connectivity index (χ0v) is 54.6. The maximum Gasteiger partial charge on any atom is 0.220 e. The van der Waals surface area contributed by atoms with Crippen LogP contribution in [0.4, 0.5) is 0 Å². The molecule has 7 unspecified atom stereocenters. The van der Waals surface area contributed by atoms with E-state index in [0.29, 0.717) is 6.42 Å². The van der Waals surface area contributed by atoms with Crippen molar-refractivity contribution < 1.29 is 39.8 Å². The lowest BCUT2D eigenvalue weighted by Crippen LogP contribution is -2.60. The third-order valence-corrected chi connectivity index (χ3v) is 16.0. The van der Waals surface area contributed by atoms with Gasteiger partial charge >= 0.3 is 0 Å². The van der Waals surface area contributed by atoms with E-state index in [4.69, 9.17) is 9.47 Å². The SMILES string of the molecule is CC/C=C\C/C=C\C/C=C\C/C=C\C/C=C\C/C=C\C/C=C\C/C=C\C/C=C\CCCC(=O)NC(COC1OC(CO)C(O)C(O)C1O)C(O)/C=C/CCCCCCCCCCCCCCCCCCCCCCCCCCCCCCCCC. The molecule has 1 rings (SSSR count). The maximum absolute atomic E-state index is 13.1. The maximum atomic E-state index is 13.1. The van der Waals surface area contributed by atoms with Crippen molar-refractivity contribution in [2.24, 2.45) is 0 Å². The number of amides is 1. The molecule has 85 heavy (non-hydrogen) atoms. The summed E-state index contributed by atoms with van der Waals surface area (Å²) in [6, 6.07) is -0.847. The van der Waals surface area contributed by atoms with E-state index in [1.807, 2.05) is 6.08 Å². The Balaban J connectivity index is 2.19. The Morgan fingerprint density at radius 2 is 0.729 bits per heavy atom. The largest absolute Gasteiger partial charge is 0.394 e. The molecular formula is C76H131NO8. The lowest BCUT2D eigenvalue weighted by atomic mass is 9.99. The predicted octanol–water partition coefficient (Wildman–Crippen LogP) is 19.4. The first kappa shape index (κ1) is 79.6. The van der Waals surface area contributed by atoms with Gasteiger partial charge in [-0.05, 0) is 83.5 Å². The summed E-state index contributed by atoms with van der Waals surface area (Å²) in [5.74, 6) is -0.236. The molecule has 1 amide bonds. The lowest BCUT2D eigenvalue weighted by molar-refractivity contribution is -0.302. The molecule has 1 fully saturated rings. The molecule has 0 saturated carbocycles. The summed E-state index contributed by atoms with van der Waals surface area (Å²) >= 11 is 0. The number of ether oxygens (including phenoxy) is 2. The molecule has 1 saturated heterocycles. The Morgan fingerprint density at radius 3 is 1.07 bits per heavy atom. The molecule has 1 heterocycles. The molecule has 0 bridgehead atoms.